The zero-order valence-corrected chi connectivity index (χ0v) is 13.5. The topological polar surface area (TPSA) is 22.9 Å². The summed E-state index contributed by atoms with van der Waals surface area (Å²) in [7, 11) is 0. The first-order valence-corrected chi connectivity index (χ1v) is 7.87. The lowest BCUT2D eigenvalue weighted by atomic mass is 10.2. The van der Waals surface area contributed by atoms with Gasteiger partial charge in [0.2, 0.25) is 0 Å². The Labute approximate surface area is 130 Å². The number of quaternary nitrogens is 1. The maximum absolute atomic E-state index is 6.06. The van der Waals surface area contributed by atoms with Gasteiger partial charge in [-0.3, -0.25) is 0 Å². The van der Waals surface area contributed by atoms with Crippen LogP contribution < -0.4 is 9.64 Å². The summed E-state index contributed by atoms with van der Waals surface area (Å²) in [6, 6.07) is 5.28. The third-order valence-electron chi connectivity index (χ3n) is 3.44. The molecule has 1 aliphatic heterocycles. The predicted molar refractivity (Wildman–Crippen MR) is 82.1 cm³/mol. The van der Waals surface area contributed by atoms with E-state index in [-0.39, 0.29) is 0 Å². The monoisotopic (exact) mass is 318 g/mol. The van der Waals surface area contributed by atoms with E-state index in [0.29, 0.717) is 34.6 Å². The number of halogens is 2. The molecule has 5 heteroatoms. The second-order valence-corrected chi connectivity index (χ2v) is 6.29. The molecule has 0 aliphatic carbocycles. The zero-order valence-electron chi connectivity index (χ0n) is 12.0. The molecular formula is C15H22Cl2NO2+. The molecule has 1 saturated heterocycles. The van der Waals surface area contributed by atoms with Crippen molar-refractivity contribution in [2.24, 2.45) is 0 Å². The van der Waals surface area contributed by atoms with Crippen LogP contribution in [0.4, 0.5) is 0 Å². The molecular weight excluding hydrogens is 297 g/mol. The van der Waals surface area contributed by atoms with Crippen molar-refractivity contribution in [1.29, 1.82) is 0 Å². The van der Waals surface area contributed by atoms with E-state index < -0.39 is 0 Å². The molecule has 0 saturated carbocycles. The summed E-state index contributed by atoms with van der Waals surface area (Å²) in [5.41, 5.74) is 0. The third-order valence-corrected chi connectivity index (χ3v) is 3.99. The molecule has 0 radical (unpaired) electrons. The van der Waals surface area contributed by atoms with Crippen molar-refractivity contribution < 1.29 is 14.4 Å². The van der Waals surface area contributed by atoms with Crippen LogP contribution >= 0.6 is 23.2 Å². The molecule has 1 unspecified atom stereocenters. The molecule has 1 fully saturated rings. The minimum absolute atomic E-state index is 0.344. The van der Waals surface area contributed by atoms with Crippen molar-refractivity contribution in [2.75, 3.05) is 26.2 Å². The van der Waals surface area contributed by atoms with Crippen LogP contribution in [0.5, 0.6) is 5.75 Å². The molecule has 20 heavy (non-hydrogen) atoms. The van der Waals surface area contributed by atoms with Gasteiger partial charge in [-0.1, -0.05) is 23.2 Å². The minimum Gasteiger partial charge on any atom is -0.492 e. The number of rotatable bonds is 5. The Morgan fingerprint density at radius 1 is 1.25 bits per heavy atom. The molecule has 0 spiro atoms. The average molecular weight is 319 g/mol. The van der Waals surface area contributed by atoms with Gasteiger partial charge in [-0.25, -0.2) is 0 Å². The van der Waals surface area contributed by atoms with E-state index in [1.165, 1.54) is 0 Å². The summed E-state index contributed by atoms with van der Waals surface area (Å²) in [4.78, 5) is 1.58. The van der Waals surface area contributed by atoms with Crippen molar-refractivity contribution in [3.63, 3.8) is 0 Å². The number of benzene rings is 1. The highest BCUT2D eigenvalue weighted by atomic mass is 35.5. The van der Waals surface area contributed by atoms with Gasteiger partial charge in [0.05, 0.1) is 18.2 Å². The van der Waals surface area contributed by atoms with Crippen molar-refractivity contribution in [3.05, 3.63) is 28.2 Å². The molecule has 3 atom stereocenters. The largest absolute Gasteiger partial charge is 0.492 e. The van der Waals surface area contributed by atoms with E-state index in [0.717, 1.165) is 26.1 Å². The zero-order chi connectivity index (χ0) is 14.5. The van der Waals surface area contributed by atoms with Crippen LogP contribution in [0.3, 0.4) is 0 Å². The second kappa shape index (κ2) is 7.51. The smallest absolute Gasteiger partial charge is 0.139 e. The Hall–Kier alpha value is -0.480. The van der Waals surface area contributed by atoms with Gasteiger partial charge in [0.1, 0.15) is 31.0 Å². The number of morpholine rings is 1. The third kappa shape index (κ3) is 4.81. The van der Waals surface area contributed by atoms with Crippen molar-refractivity contribution >= 4 is 23.2 Å². The summed E-state index contributed by atoms with van der Waals surface area (Å²) < 4.78 is 11.4. The van der Waals surface area contributed by atoms with E-state index in [4.69, 9.17) is 32.7 Å². The van der Waals surface area contributed by atoms with Gasteiger partial charge >= 0.3 is 0 Å². The number of ether oxygens (including phenoxy) is 2. The van der Waals surface area contributed by atoms with Gasteiger partial charge in [-0.05, 0) is 26.0 Å². The van der Waals surface area contributed by atoms with Gasteiger partial charge in [-0.15, -0.1) is 0 Å². The van der Waals surface area contributed by atoms with E-state index in [2.05, 4.69) is 13.8 Å². The lowest BCUT2D eigenvalue weighted by molar-refractivity contribution is -0.915. The Bertz CT molecular complexity index is 432. The normalized spacial score (nSPS) is 26.5. The Kier molecular flexibility index (Phi) is 5.97. The van der Waals surface area contributed by atoms with Crippen LogP contribution in [0.25, 0.3) is 0 Å². The number of hydrogen-bond acceptors (Lipinski definition) is 2. The van der Waals surface area contributed by atoms with Gasteiger partial charge in [0.25, 0.3) is 0 Å². The van der Waals surface area contributed by atoms with Crippen LogP contribution in [0, 0.1) is 0 Å². The maximum atomic E-state index is 6.06. The summed E-state index contributed by atoms with van der Waals surface area (Å²) in [6.07, 6.45) is 1.69. The maximum Gasteiger partial charge on any atom is 0.139 e. The Morgan fingerprint density at radius 3 is 2.65 bits per heavy atom. The van der Waals surface area contributed by atoms with Crippen molar-refractivity contribution in [2.45, 2.75) is 32.5 Å². The fourth-order valence-corrected chi connectivity index (χ4v) is 3.02. The predicted octanol–water partition coefficient (Wildman–Crippen LogP) is 2.45. The van der Waals surface area contributed by atoms with E-state index in [9.17, 15) is 0 Å². The van der Waals surface area contributed by atoms with E-state index >= 15 is 0 Å². The first-order valence-electron chi connectivity index (χ1n) is 7.11. The lowest BCUT2D eigenvalue weighted by Crippen LogP contribution is -3.15. The molecule has 0 amide bonds. The highest BCUT2D eigenvalue weighted by Gasteiger charge is 2.24. The first kappa shape index (κ1) is 15.9. The summed E-state index contributed by atoms with van der Waals surface area (Å²) in [5, 5.41) is 1.25. The van der Waals surface area contributed by atoms with Gasteiger partial charge < -0.3 is 14.4 Å². The SMILES string of the molecule is C[C@@H]1C[NH+](CCCOc2cc(Cl)ccc2Cl)C[C@H](C)O1. The fourth-order valence-electron chi connectivity index (χ4n) is 2.69. The summed E-state index contributed by atoms with van der Waals surface area (Å²) in [6.45, 7) is 8.17. The van der Waals surface area contributed by atoms with Crippen LogP contribution in [-0.4, -0.2) is 38.4 Å². The molecule has 112 valence electrons. The van der Waals surface area contributed by atoms with Crippen LogP contribution in [0.2, 0.25) is 10.0 Å². The molecule has 1 aliphatic rings. The van der Waals surface area contributed by atoms with Crippen molar-refractivity contribution in [1.82, 2.24) is 0 Å². The van der Waals surface area contributed by atoms with Crippen LogP contribution in [0.15, 0.2) is 18.2 Å². The van der Waals surface area contributed by atoms with E-state index in [1.807, 2.05) is 0 Å². The standard InChI is InChI=1S/C15H21Cl2NO2/c1-11-9-18(10-12(2)20-11)6-3-7-19-15-8-13(16)4-5-14(15)17/h4-5,8,11-12H,3,6-7,9-10H2,1-2H3/p+1/t11-,12+. The Balaban J connectivity index is 1.72. The number of hydrogen-bond donors (Lipinski definition) is 1. The molecule has 3 nitrogen and oxygen atoms in total. The Morgan fingerprint density at radius 2 is 1.95 bits per heavy atom. The first-order chi connectivity index (χ1) is 9.54. The van der Waals surface area contributed by atoms with Crippen LogP contribution in [-0.2, 0) is 4.74 Å². The highest BCUT2D eigenvalue weighted by Crippen LogP contribution is 2.27. The van der Waals surface area contributed by atoms with Gasteiger partial charge in [0, 0.05) is 17.5 Å². The summed E-state index contributed by atoms with van der Waals surface area (Å²) in [5.74, 6) is 0.665. The molecule has 2 rings (SSSR count). The van der Waals surface area contributed by atoms with E-state index in [1.54, 1.807) is 23.1 Å². The second-order valence-electron chi connectivity index (χ2n) is 5.44. The highest BCUT2D eigenvalue weighted by molar-refractivity contribution is 6.34. The van der Waals surface area contributed by atoms with Gasteiger partial charge in [-0.2, -0.15) is 0 Å². The molecule has 1 N–H and O–H groups in total. The molecule has 0 bridgehead atoms. The lowest BCUT2D eigenvalue weighted by Gasteiger charge is -2.32. The quantitative estimate of drug-likeness (QED) is 0.843. The van der Waals surface area contributed by atoms with Crippen LogP contribution in [0.1, 0.15) is 20.3 Å². The van der Waals surface area contributed by atoms with Crippen molar-refractivity contribution in [3.8, 4) is 5.75 Å². The number of nitrogens with one attached hydrogen (secondary N) is 1. The molecule has 0 aromatic heterocycles. The fraction of sp³-hybridized carbons (Fsp3) is 0.600. The summed E-state index contributed by atoms with van der Waals surface area (Å²) >= 11 is 12.0. The molecule has 1 aromatic rings. The minimum atomic E-state index is 0.344. The van der Waals surface area contributed by atoms with Gasteiger partial charge in [0.15, 0.2) is 0 Å². The molecule has 1 heterocycles. The average Bonchev–Trinajstić information content (AvgIpc) is 2.37. The molecule has 1 aromatic carbocycles.